The van der Waals surface area contributed by atoms with Crippen molar-refractivity contribution in [1.29, 1.82) is 0 Å². The second-order valence-electron chi connectivity index (χ2n) is 7.16. The number of rotatable bonds is 3. The van der Waals surface area contributed by atoms with Gasteiger partial charge in [-0.05, 0) is 50.1 Å². The number of methoxy groups -OCH3 is 3. The summed E-state index contributed by atoms with van der Waals surface area (Å²) in [4.78, 5) is 14.7. The summed E-state index contributed by atoms with van der Waals surface area (Å²) in [5.74, 6) is 1.01. The number of fused-ring (bicyclic) bond motifs is 2. The number of esters is 1. The van der Waals surface area contributed by atoms with Crippen LogP contribution in [0, 0.1) is 0 Å². The molecule has 25 heavy (non-hydrogen) atoms. The van der Waals surface area contributed by atoms with Crippen LogP contribution < -0.4 is 9.47 Å². The minimum atomic E-state index is -1.00. The van der Waals surface area contributed by atoms with Gasteiger partial charge in [-0.15, -0.1) is 0 Å². The van der Waals surface area contributed by atoms with Gasteiger partial charge in [0.25, 0.3) is 0 Å². The summed E-state index contributed by atoms with van der Waals surface area (Å²) >= 11 is 0. The maximum absolute atomic E-state index is 12.5. The van der Waals surface area contributed by atoms with Gasteiger partial charge in [0, 0.05) is 19.5 Å². The summed E-state index contributed by atoms with van der Waals surface area (Å²) in [6.45, 7) is 3.63. The first kappa shape index (κ1) is 18.0. The number of ether oxygens (including phenoxy) is 4. The molecule has 0 radical (unpaired) electrons. The van der Waals surface area contributed by atoms with Crippen LogP contribution in [-0.2, 0) is 26.3 Å². The summed E-state index contributed by atoms with van der Waals surface area (Å²) < 4.78 is 22.5. The summed E-state index contributed by atoms with van der Waals surface area (Å²) in [7, 11) is 6.76. The van der Waals surface area contributed by atoms with Crippen molar-refractivity contribution in [2.24, 2.45) is 0 Å². The number of likely N-dealkylation sites (tertiary alicyclic amines) is 1. The molecule has 1 aromatic carbocycles. The minimum Gasteiger partial charge on any atom is -0.493 e. The second kappa shape index (κ2) is 6.50. The molecule has 0 amide bonds. The van der Waals surface area contributed by atoms with Crippen LogP contribution >= 0.6 is 0 Å². The molecule has 6 heteroatoms. The van der Waals surface area contributed by atoms with Crippen LogP contribution in [0.3, 0.4) is 0 Å². The first-order valence-electron chi connectivity index (χ1n) is 8.60. The lowest BCUT2D eigenvalue weighted by Crippen LogP contribution is -2.55. The Morgan fingerprint density at radius 1 is 1.12 bits per heavy atom. The summed E-state index contributed by atoms with van der Waals surface area (Å²) in [5, 5.41) is 0. The molecule has 2 heterocycles. The van der Waals surface area contributed by atoms with Gasteiger partial charge in [0.2, 0.25) is 0 Å². The van der Waals surface area contributed by atoms with Crippen molar-refractivity contribution in [2.45, 2.75) is 37.4 Å². The lowest BCUT2D eigenvalue weighted by atomic mass is 9.75. The Bertz CT molecular complexity index is 666. The molecule has 2 aliphatic rings. The van der Waals surface area contributed by atoms with Gasteiger partial charge in [0.15, 0.2) is 17.1 Å². The van der Waals surface area contributed by atoms with Crippen molar-refractivity contribution in [2.75, 3.05) is 41.5 Å². The predicted molar refractivity (Wildman–Crippen MR) is 93.2 cm³/mol. The second-order valence-corrected chi connectivity index (χ2v) is 7.16. The molecule has 0 aliphatic carbocycles. The van der Waals surface area contributed by atoms with E-state index < -0.39 is 11.2 Å². The molecular weight excluding hydrogens is 322 g/mol. The summed E-state index contributed by atoms with van der Waals surface area (Å²) in [6.07, 6.45) is 2.09. The SMILES string of the molecule is COC(=O)[C@]1(C)Cc2cc(OC)c(OC)cc2C2(CCN(C)CC2)O1. The molecule has 2 aliphatic heterocycles. The number of hydrogen-bond donors (Lipinski definition) is 0. The molecule has 0 N–H and O–H groups in total. The van der Waals surface area contributed by atoms with E-state index in [9.17, 15) is 4.79 Å². The van der Waals surface area contributed by atoms with Crippen molar-refractivity contribution in [3.05, 3.63) is 23.3 Å². The molecular formula is C19H27NO5. The molecule has 1 atom stereocenters. The van der Waals surface area contributed by atoms with E-state index in [-0.39, 0.29) is 5.97 Å². The van der Waals surface area contributed by atoms with Crippen LogP contribution in [0.5, 0.6) is 11.5 Å². The molecule has 3 rings (SSSR count). The number of carbonyl (C=O) groups excluding carboxylic acids is 1. The third-order valence-electron chi connectivity index (χ3n) is 5.46. The van der Waals surface area contributed by atoms with Gasteiger partial charge in [-0.25, -0.2) is 4.79 Å². The Morgan fingerprint density at radius 3 is 2.28 bits per heavy atom. The Hall–Kier alpha value is -1.79. The van der Waals surface area contributed by atoms with E-state index >= 15 is 0 Å². The lowest BCUT2D eigenvalue weighted by Gasteiger charge is -2.49. The van der Waals surface area contributed by atoms with Crippen molar-refractivity contribution < 1.29 is 23.7 Å². The first-order chi connectivity index (χ1) is 11.9. The standard InChI is InChI=1S/C19H27NO5/c1-18(17(21)24-5)12-13-10-15(22-3)16(23-4)11-14(13)19(25-18)6-8-20(2)9-7-19/h10-11H,6-9,12H2,1-5H3/t18-/m0/s1. The fraction of sp³-hybridized carbons (Fsp3) is 0.632. The zero-order valence-electron chi connectivity index (χ0n) is 15.7. The Morgan fingerprint density at radius 2 is 1.72 bits per heavy atom. The fourth-order valence-corrected chi connectivity index (χ4v) is 4.06. The molecule has 1 spiro atoms. The maximum Gasteiger partial charge on any atom is 0.338 e. The molecule has 0 unspecified atom stereocenters. The maximum atomic E-state index is 12.5. The number of nitrogens with zero attached hydrogens (tertiary/aromatic N) is 1. The highest BCUT2D eigenvalue weighted by atomic mass is 16.6. The van der Waals surface area contributed by atoms with E-state index in [0.29, 0.717) is 17.9 Å². The van der Waals surface area contributed by atoms with E-state index in [2.05, 4.69) is 11.9 Å². The van der Waals surface area contributed by atoms with E-state index in [0.717, 1.165) is 37.1 Å². The summed E-state index contributed by atoms with van der Waals surface area (Å²) in [5.41, 5.74) is 0.640. The highest BCUT2D eigenvalue weighted by Crippen LogP contribution is 2.49. The quantitative estimate of drug-likeness (QED) is 0.779. The first-order valence-corrected chi connectivity index (χ1v) is 8.60. The average Bonchev–Trinajstić information content (AvgIpc) is 2.62. The molecule has 0 aromatic heterocycles. The lowest BCUT2D eigenvalue weighted by molar-refractivity contribution is -0.209. The third kappa shape index (κ3) is 2.98. The largest absolute Gasteiger partial charge is 0.493 e. The number of hydrogen-bond acceptors (Lipinski definition) is 6. The van der Waals surface area contributed by atoms with Crippen molar-refractivity contribution in [3.8, 4) is 11.5 Å². The van der Waals surface area contributed by atoms with Crippen molar-refractivity contribution in [3.63, 3.8) is 0 Å². The van der Waals surface area contributed by atoms with E-state index in [1.165, 1.54) is 7.11 Å². The molecule has 1 fully saturated rings. The van der Waals surface area contributed by atoms with Crippen molar-refractivity contribution in [1.82, 2.24) is 4.90 Å². The highest BCUT2D eigenvalue weighted by molar-refractivity contribution is 5.80. The van der Waals surface area contributed by atoms with E-state index in [1.807, 2.05) is 19.1 Å². The van der Waals surface area contributed by atoms with Gasteiger partial charge in [-0.3, -0.25) is 0 Å². The van der Waals surface area contributed by atoms with Crippen LogP contribution in [0.15, 0.2) is 12.1 Å². The van der Waals surface area contributed by atoms with E-state index in [1.54, 1.807) is 14.2 Å². The summed E-state index contributed by atoms with van der Waals surface area (Å²) in [6, 6.07) is 3.98. The zero-order valence-corrected chi connectivity index (χ0v) is 15.7. The Balaban J connectivity index is 2.14. The van der Waals surface area contributed by atoms with Crippen LogP contribution in [0.2, 0.25) is 0 Å². The van der Waals surface area contributed by atoms with Crippen LogP contribution in [0.4, 0.5) is 0 Å². The van der Waals surface area contributed by atoms with Gasteiger partial charge in [0.1, 0.15) is 0 Å². The monoisotopic (exact) mass is 349 g/mol. The van der Waals surface area contributed by atoms with Crippen LogP contribution in [0.25, 0.3) is 0 Å². The van der Waals surface area contributed by atoms with Gasteiger partial charge in [-0.2, -0.15) is 0 Å². The third-order valence-corrected chi connectivity index (χ3v) is 5.46. The van der Waals surface area contributed by atoms with Gasteiger partial charge in [-0.1, -0.05) is 0 Å². The number of benzene rings is 1. The predicted octanol–water partition coefficient (Wildman–Crippen LogP) is 2.13. The molecule has 0 saturated carbocycles. The highest BCUT2D eigenvalue weighted by Gasteiger charge is 2.52. The van der Waals surface area contributed by atoms with Gasteiger partial charge >= 0.3 is 5.97 Å². The van der Waals surface area contributed by atoms with Gasteiger partial charge in [0.05, 0.1) is 26.9 Å². The molecule has 138 valence electrons. The smallest absolute Gasteiger partial charge is 0.338 e. The topological polar surface area (TPSA) is 57.2 Å². The molecule has 6 nitrogen and oxygen atoms in total. The van der Waals surface area contributed by atoms with E-state index in [4.69, 9.17) is 18.9 Å². The molecule has 1 saturated heterocycles. The van der Waals surface area contributed by atoms with Crippen LogP contribution in [-0.4, -0.2) is 57.9 Å². The Labute approximate surface area is 149 Å². The average molecular weight is 349 g/mol. The normalized spacial score (nSPS) is 25.3. The number of piperidine rings is 1. The number of carbonyl (C=O) groups is 1. The molecule has 0 bridgehead atoms. The van der Waals surface area contributed by atoms with Crippen LogP contribution in [0.1, 0.15) is 30.9 Å². The Kier molecular flexibility index (Phi) is 4.68. The minimum absolute atomic E-state index is 0.341. The fourth-order valence-electron chi connectivity index (χ4n) is 4.06. The van der Waals surface area contributed by atoms with Gasteiger partial charge < -0.3 is 23.8 Å². The zero-order chi connectivity index (χ0) is 18.2. The molecule has 1 aromatic rings. The van der Waals surface area contributed by atoms with Crippen molar-refractivity contribution >= 4 is 5.97 Å².